The van der Waals surface area contributed by atoms with E-state index in [2.05, 4.69) is 25.8 Å². The summed E-state index contributed by atoms with van der Waals surface area (Å²) >= 11 is 0. The van der Waals surface area contributed by atoms with Crippen molar-refractivity contribution in [3.63, 3.8) is 0 Å². The summed E-state index contributed by atoms with van der Waals surface area (Å²) in [6.45, 7) is 13.1. The minimum Gasteiger partial charge on any atom is -0.461 e. The maximum Gasteiger partial charge on any atom is 0.303 e. The molecule has 0 aromatic rings. The van der Waals surface area contributed by atoms with Gasteiger partial charge < -0.3 is 14.0 Å². The van der Waals surface area contributed by atoms with Crippen molar-refractivity contribution in [1.82, 2.24) is 4.90 Å². The molecule has 6 rings (SSSR count). The van der Waals surface area contributed by atoms with Crippen LogP contribution in [0.5, 0.6) is 0 Å². The Labute approximate surface area is 243 Å². The zero-order valence-corrected chi connectivity index (χ0v) is 26.2. The van der Waals surface area contributed by atoms with Gasteiger partial charge in [-0.05, 0) is 113 Å². The van der Waals surface area contributed by atoms with Crippen molar-refractivity contribution in [2.75, 3.05) is 33.2 Å². The van der Waals surface area contributed by atoms with Gasteiger partial charge in [-0.2, -0.15) is 0 Å². The molecular formula is C34H57N2O4+. The fourth-order valence-corrected chi connectivity index (χ4v) is 11.7. The van der Waals surface area contributed by atoms with Crippen LogP contribution in [0, 0.1) is 34.5 Å². The molecule has 2 unspecified atom stereocenters. The van der Waals surface area contributed by atoms with Crippen LogP contribution in [-0.2, 0) is 19.1 Å². The molecule has 0 aromatic carbocycles. The van der Waals surface area contributed by atoms with Crippen LogP contribution in [0.15, 0.2) is 0 Å². The normalized spacial score (nSPS) is 46.9. The van der Waals surface area contributed by atoms with Crippen molar-refractivity contribution in [3.05, 3.63) is 0 Å². The average molecular weight is 558 g/mol. The summed E-state index contributed by atoms with van der Waals surface area (Å²) in [5.74, 6) is 2.50. The van der Waals surface area contributed by atoms with E-state index in [1.165, 1.54) is 90.1 Å². The van der Waals surface area contributed by atoms with E-state index in [1.54, 1.807) is 13.8 Å². The van der Waals surface area contributed by atoms with E-state index in [0.29, 0.717) is 35.3 Å². The number of nitrogens with zero attached hydrogens (tertiary/aromatic N) is 2. The highest BCUT2D eigenvalue weighted by molar-refractivity contribution is 5.66. The van der Waals surface area contributed by atoms with Crippen LogP contribution in [0.25, 0.3) is 0 Å². The zero-order chi connectivity index (χ0) is 28.3. The molecule has 6 nitrogen and oxygen atoms in total. The number of carbonyl (C=O) groups is 2. The summed E-state index contributed by atoms with van der Waals surface area (Å²) in [6.07, 6.45) is 16.3. The quantitative estimate of drug-likeness (QED) is 0.315. The monoisotopic (exact) mass is 557 g/mol. The Morgan fingerprint density at radius 1 is 0.800 bits per heavy atom. The number of rotatable bonds is 4. The molecule has 226 valence electrons. The third-order valence-corrected chi connectivity index (χ3v) is 13.7. The molecule has 4 saturated carbocycles. The molecule has 0 bridgehead atoms. The van der Waals surface area contributed by atoms with Gasteiger partial charge in [0.2, 0.25) is 0 Å². The molecule has 4 aliphatic carbocycles. The van der Waals surface area contributed by atoms with Gasteiger partial charge >= 0.3 is 11.9 Å². The second kappa shape index (κ2) is 10.8. The molecule has 0 amide bonds. The number of piperidine rings is 2. The first kappa shape index (κ1) is 29.0. The van der Waals surface area contributed by atoms with Gasteiger partial charge in [-0.1, -0.05) is 20.3 Å². The van der Waals surface area contributed by atoms with Crippen molar-refractivity contribution in [1.29, 1.82) is 0 Å². The lowest BCUT2D eigenvalue weighted by Crippen LogP contribution is -2.61. The van der Waals surface area contributed by atoms with Crippen molar-refractivity contribution in [2.45, 2.75) is 135 Å². The smallest absolute Gasteiger partial charge is 0.303 e. The van der Waals surface area contributed by atoms with Crippen LogP contribution in [0.4, 0.5) is 0 Å². The Balaban J connectivity index is 1.29. The van der Waals surface area contributed by atoms with Crippen LogP contribution < -0.4 is 0 Å². The molecule has 6 heteroatoms. The third kappa shape index (κ3) is 4.85. The number of ether oxygens (including phenoxy) is 2. The molecule has 0 aromatic heterocycles. The Bertz CT molecular complexity index is 958. The minimum absolute atomic E-state index is 0.0466. The number of hydrogen-bond acceptors (Lipinski definition) is 5. The van der Waals surface area contributed by atoms with Gasteiger partial charge in [0, 0.05) is 31.7 Å². The molecular weight excluding hydrogens is 500 g/mol. The van der Waals surface area contributed by atoms with Gasteiger partial charge in [-0.15, -0.1) is 0 Å². The predicted molar refractivity (Wildman–Crippen MR) is 156 cm³/mol. The minimum atomic E-state index is -0.111. The molecule has 40 heavy (non-hydrogen) atoms. The van der Waals surface area contributed by atoms with E-state index in [1.807, 2.05) is 0 Å². The summed E-state index contributed by atoms with van der Waals surface area (Å²) in [7, 11) is 2.47. The van der Waals surface area contributed by atoms with E-state index in [4.69, 9.17) is 9.47 Å². The van der Waals surface area contributed by atoms with Gasteiger partial charge in [0.25, 0.3) is 0 Å². The van der Waals surface area contributed by atoms with E-state index >= 15 is 0 Å². The van der Waals surface area contributed by atoms with Crippen molar-refractivity contribution >= 4 is 11.9 Å². The maximum atomic E-state index is 12.5. The summed E-state index contributed by atoms with van der Waals surface area (Å²) in [5, 5.41) is 0. The van der Waals surface area contributed by atoms with Gasteiger partial charge in [-0.3, -0.25) is 14.5 Å². The third-order valence-electron chi connectivity index (χ3n) is 13.7. The zero-order valence-electron chi connectivity index (χ0n) is 26.2. The fraction of sp³-hybridized carbons (Fsp3) is 0.941. The summed E-state index contributed by atoms with van der Waals surface area (Å²) in [5.41, 5.74) is 0.377. The van der Waals surface area contributed by atoms with E-state index in [9.17, 15) is 9.59 Å². The first-order valence-corrected chi connectivity index (χ1v) is 17.0. The molecule has 0 spiro atoms. The van der Waals surface area contributed by atoms with Crippen LogP contribution in [0.3, 0.4) is 0 Å². The number of hydrogen-bond donors (Lipinski definition) is 0. The standard InChI is InChI=1S/C34H57N2O4/c1-23(37)39-31-20-25-12-13-26-27(34(25,4)22-29(31)35-16-8-6-9-17-35)14-15-33(3)28(26)21-30(32(33)40-24(2)38)36(5)18-10-7-11-19-36/h25-32H,6-22H2,1-5H3/q+1/t25-,26+,27-,28-,29-,30-,31-,32-,33?,34?/m0/s1. The Morgan fingerprint density at radius 3 is 2.15 bits per heavy atom. The second-order valence-corrected chi connectivity index (χ2v) is 15.8. The largest absolute Gasteiger partial charge is 0.461 e. The predicted octanol–water partition coefficient (Wildman–Crippen LogP) is 5.97. The number of esters is 2. The highest BCUT2D eigenvalue weighted by Crippen LogP contribution is 2.67. The molecule has 2 heterocycles. The van der Waals surface area contributed by atoms with Crippen LogP contribution in [0.1, 0.15) is 111 Å². The number of carbonyl (C=O) groups excluding carboxylic acids is 2. The molecule has 2 saturated heterocycles. The SMILES string of the molecule is CC(=O)O[C@H]1C[C@@H]2CC[C@@H]3[C@H](CCC4(C)[C@H]3C[C@H]([N+]3(C)CCCCC3)[C@@H]4OC(C)=O)C2(C)C[C@@H]1N1CCCCC1. The number of likely N-dealkylation sites (N-methyl/N-ethyl adjacent to an activating group) is 1. The van der Waals surface area contributed by atoms with Crippen molar-refractivity contribution in [2.24, 2.45) is 34.5 Å². The number of quaternary nitrogens is 1. The van der Waals surface area contributed by atoms with E-state index in [-0.39, 0.29) is 29.6 Å². The van der Waals surface area contributed by atoms with Gasteiger partial charge in [0.05, 0.1) is 20.1 Å². The number of fused-ring (bicyclic) bond motifs is 5. The molecule has 6 aliphatic rings. The molecule has 2 aliphatic heterocycles. The topological polar surface area (TPSA) is 55.8 Å². The molecule has 6 fully saturated rings. The Hall–Kier alpha value is -1.14. The molecule has 0 radical (unpaired) electrons. The lowest BCUT2D eigenvalue weighted by molar-refractivity contribution is -0.940. The average Bonchev–Trinajstić information content (AvgIpc) is 3.21. The van der Waals surface area contributed by atoms with Gasteiger partial charge in [-0.25, -0.2) is 0 Å². The summed E-state index contributed by atoms with van der Waals surface area (Å²) < 4.78 is 13.5. The first-order valence-electron chi connectivity index (χ1n) is 17.0. The maximum absolute atomic E-state index is 12.5. The number of likely N-dealkylation sites (tertiary alicyclic amines) is 2. The van der Waals surface area contributed by atoms with Crippen LogP contribution in [-0.4, -0.2) is 78.8 Å². The van der Waals surface area contributed by atoms with Crippen molar-refractivity contribution < 1.29 is 23.5 Å². The van der Waals surface area contributed by atoms with Crippen molar-refractivity contribution in [3.8, 4) is 0 Å². The lowest BCUT2D eigenvalue weighted by Gasteiger charge is -2.62. The molecule has 10 atom stereocenters. The lowest BCUT2D eigenvalue weighted by atomic mass is 9.44. The highest BCUT2D eigenvalue weighted by atomic mass is 16.5. The molecule has 0 N–H and O–H groups in total. The van der Waals surface area contributed by atoms with Gasteiger partial charge in [0.15, 0.2) is 6.10 Å². The van der Waals surface area contributed by atoms with E-state index in [0.717, 1.165) is 29.9 Å². The highest BCUT2D eigenvalue weighted by Gasteiger charge is 2.67. The van der Waals surface area contributed by atoms with E-state index < -0.39 is 0 Å². The van der Waals surface area contributed by atoms with Crippen LogP contribution in [0.2, 0.25) is 0 Å². The van der Waals surface area contributed by atoms with Gasteiger partial charge in [0.1, 0.15) is 12.1 Å². The Kier molecular flexibility index (Phi) is 7.85. The summed E-state index contributed by atoms with van der Waals surface area (Å²) in [4.78, 5) is 27.4. The Morgan fingerprint density at radius 2 is 1.48 bits per heavy atom. The fourth-order valence-electron chi connectivity index (χ4n) is 11.7. The van der Waals surface area contributed by atoms with Crippen LogP contribution >= 0.6 is 0 Å². The summed E-state index contributed by atoms with van der Waals surface area (Å²) in [6, 6.07) is 0.796. The first-order chi connectivity index (χ1) is 19.0. The second-order valence-electron chi connectivity index (χ2n) is 15.8.